The van der Waals surface area contributed by atoms with Crippen LogP contribution < -0.4 is 15.4 Å². The summed E-state index contributed by atoms with van der Waals surface area (Å²) < 4.78 is 12.0. The van der Waals surface area contributed by atoms with Gasteiger partial charge in [-0.15, -0.1) is 0 Å². The van der Waals surface area contributed by atoms with Crippen molar-refractivity contribution >= 4 is 44.2 Å². The molecule has 2 amide bonds. The van der Waals surface area contributed by atoms with Crippen LogP contribution in [0, 0.1) is 11.3 Å². The topological polar surface area (TPSA) is 117 Å². The highest BCUT2D eigenvalue weighted by molar-refractivity contribution is 7.22. The fourth-order valence-corrected chi connectivity index (χ4v) is 3.71. The summed E-state index contributed by atoms with van der Waals surface area (Å²) in [4.78, 5) is 28.0. The fraction of sp³-hybridized carbons (Fsp3) is 0.0909. The zero-order chi connectivity index (χ0) is 21.8. The summed E-state index contributed by atoms with van der Waals surface area (Å²) in [6, 6.07) is 17.3. The molecule has 0 unspecified atom stereocenters. The van der Waals surface area contributed by atoms with E-state index in [1.54, 1.807) is 54.6 Å². The minimum absolute atomic E-state index is 0.151. The lowest BCUT2D eigenvalue weighted by Crippen LogP contribution is -2.10. The molecule has 4 rings (SSSR count). The van der Waals surface area contributed by atoms with Crippen molar-refractivity contribution in [1.82, 2.24) is 4.98 Å². The van der Waals surface area contributed by atoms with Gasteiger partial charge in [-0.2, -0.15) is 5.26 Å². The summed E-state index contributed by atoms with van der Waals surface area (Å²) >= 11 is 1.32. The number of amides is 2. The van der Waals surface area contributed by atoms with Crippen LogP contribution in [0.2, 0.25) is 0 Å². The summed E-state index contributed by atoms with van der Waals surface area (Å²) in [5, 5.41) is 14.8. The van der Waals surface area contributed by atoms with Crippen molar-refractivity contribution in [2.75, 3.05) is 10.6 Å². The minimum Gasteiger partial charge on any atom is -0.486 e. The first-order chi connectivity index (χ1) is 15.0. The number of hydrogen-bond acceptors (Lipinski definition) is 7. The minimum atomic E-state index is -0.393. The Morgan fingerprint density at radius 3 is 2.68 bits per heavy atom. The number of carbonyl (C=O) groups is 2. The number of aromatic nitrogens is 1. The van der Waals surface area contributed by atoms with Crippen LogP contribution in [-0.4, -0.2) is 16.8 Å². The second-order valence-electron chi connectivity index (χ2n) is 6.53. The number of ether oxygens (including phenoxy) is 1. The molecule has 0 spiro atoms. The highest BCUT2D eigenvalue weighted by Gasteiger charge is 2.13. The summed E-state index contributed by atoms with van der Waals surface area (Å²) in [5.41, 5.74) is 1.86. The SMILES string of the molecule is CC(=O)Nc1nc2ccc(NC(=O)c3ccc(COc4ccc(C#N)cc4)o3)cc2s1. The molecule has 0 bridgehead atoms. The fourth-order valence-electron chi connectivity index (χ4n) is 2.76. The Labute approximate surface area is 181 Å². The lowest BCUT2D eigenvalue weighted by molar-refractivity contribution is -0.114. The average Bonchev–Trinajstić information content (AvgIpc) is 3.38. The smallest absolute Gasteiger partial charge is 0.291 e. The quantitative estimate of drug-likeness (QED) is 0.462. The molecule has 0 radical (unpaired) electrons. The van der Waals surface area contributed by atoms with E-state index in [-0.39, 0.29) is 18.3 Å². The molecule has 0 atom stereocenters. The second kappa shape index (κ2) is 8.69. The first-order valence-electron chi connectivity index (χ1n) is 9.21. The number of rotatable bonds is 6. The largest absolute Gasteiger partial charge is 0.486 e. The Hall–Kier alpha value is -4.16. The molecule has 0 aliphatic rings. The second-order valence-corrected chi connectivity index (χ2v) is 7.56. The van der Waals surface area contributed by atoms with Gasteiger partial charge in [0.25, 0.3) is 5.91 Å². The van der Waals surface area contributed by atoms with Crippen molar-refractivity contribution in [2.45, 2.75) is 13.5 Å². The third-order valence-corrected chi connectivity index (χ3v) is 5.11. The molecule has 2 aromatic heterocycles. The Bertz CT molecular complexity index is 1300. The van der Waals surface area contributed by atoms with E-state index in [1.807, 2.05) is 6.07 Å². The Morgan fingerprint density at radius 1 is 1.13 bits per heavy atom. The molecule has 0 saturated heterocycles. The van der Waals surface area contributed by atoms with Crippen molar-refractivity contribution in [3.8, 4) is 11.8 Å². The molecule has 31 heavy (non-hydrogen) atoms. The number of thiazole rings is 1. The third kappa shape index (κ3) is 4.88. The highest BCUT2D eigenvalue weighted by atomic mass is 32.1. The van der Waals surface area contributed by atoms with Crippen molar-refractivity contribution in [3.63, 3.8) is 0 Å². The molecule has 2 aromatic carbocycles. The first-order valence-corrected chi connectivity index (χ1v) is 10.0. The number of anilines is 2. The molecule has 0 aliphatic heterocycles. The summed E-state index contributed by atoms with van der Waals surface area (Å²) in [7, 11) is 0. The van der Waals surface area contributed by atoms with E-state index in [9.17, 15) is 9.59 Å². The van der Waals surface area contributed by atoms with Gasteiger partial charge in [0.1, 0.15) is 18.1 Å². The van der Waals surface area contributed by atoms with Gasteiger partial charge < -0.3 is 19.8 Å². The van der Waals surface area contributed by atoms with Crippen LogP contribution in [0.1, 0.15) is 28.8 Å². The molecule has 2 heterocycles. The number of hydrogen-bond donors (Lipinski definition) is 2. The number of nitrogens with one attached hydrogen (secondary N) is 2. The van der Waals surface area contributed by atoms with Gasteiger partial charge in [0.15, 0.2) is 10.9 Å². The molecular weight excluding hydrogens is 416 g/mol. The number of fused-ring (bicyclic) bond motifs is 1. The number of carbonyl (C=O) groups excluding carboxylic acids is 2. The van der Waals surface area contributed by atoms with Gasteiger partial charge in [0, 0.05) is 12.6 Å². The van der Waals surface area contributed by atoms with Crippen LogP contribution in [0.5, 0.6) is 5.75 Å². The molecule has 4 aromatic rings. The summed E-state index contributed by atoms with van der Waals surface area (Å²) in [5.74, 6) is 0.659. The molecule has 0 aliphatic carbocycles. The Kier molecular flexibility index (Phi) is 5.64. The van der Waals surface area contributed by atoms with Gasteiger partial charge in [-0.25, -0.2) is 4.98 Å². The highest BCUT2D eigenvalue weighted by Crippen LogP contribution is 2.28. The van der Waals surface area contributed by atoms with Crippen molar-refractivity contribution < 1.29 is 18.7 Å². The molecule has 0 saturated carbocycles. The van der Waals surface area contributed by atoms with E-state index in [4.69, 9.17) is 14.4 Å². The van der Waals surface area contributed by atoms with Crippen LogP contribution in [0.3, 0.4) is 0 Å². The maximum Gasteiger partial charge on any atom is 0.291 e. The Morgan fingerprint density at radius 2 is 1.94 bits per heavy atom. The standard InChI is InChI=1S/C22H16N4O4S/c1-13(27)24-22-26-18-8-4-15(10-20(18)31-22)25-21(28)19-9-7-17(30-19)12-29-16-5-2-14(11-23)3-6-16/h2-10H,12H2,1H3,(H,25,28)(H,24,26,27). The zero-order valence-corrected chi connectivity index (χ0v) is 17.2. The van der Waals surface area contributed by atoms with Crippen molar-refractivity contribution in [3.05, 3.63) is 71.7 Å². The summed E-state index contributed by atoms with van der Waals surface area (Å²) in [6.07, 6.45) is 0. The third-order valence-electron chi connectivity index (χ3n) is 4.18. The van der Waals surface area contributed by atoms with E-state index in [0.717, 1.165) is 10.2 Å². The van der Waals surface area contributed by atoms with Gasteiger partial charge in [0.05, 0.1) is 21.8 Å². The van der Waals surface area contributed by atoms with Crippen molar-refractivity contribution in [1.29, 1.82) is 5.26 Å². The lowest BCUT2D eigenvalue weighted by atomic mass is 10.2. The molecular formula is C22H16N4O4S. The molecule has 154 valence electrons. The van der Waals surface area contributed by atoms with Crippen LogP contribution in [0.4, 0.5) is 10.8 Å². The maximum atomic E-state index is 12.5. The number of benzene rings is 2. The maximum absolute atomic E-state index is 12.5. The van der Waals surface area contributed by atoms with E-state index >= 15 is 0 Å². The Balaban J connectivity index is 1.39. The predicted octanol–water partition coefficient (Wildman–Crippen LogP) is 4.55. The normalized spacial score (nSPS) is 10.5. The van der Waals surface area contributed by atoms with Crippen molar-refractivity contribution in [2.24, 2.45) is 0 Å². The van der Waals surface area contributed by atoms with E-state index < -0.39 is 5.91 Å². The number of nitriles is 1. The van der Waals surface area contributed by atoms with Gasteiger partial charge in [-0.1, -0.05) is 11.3 Å². The zero-order valence-electron chi connectivity index (χ0n) is 16.3. The summed E-state index contributed by atoms with van der Waals surface area (Å²) in [6.45, 7) is 1.57. The predicted molar refractivity (Wildman–Crippen MR) is 116 cm³/mol. The van der Waals surface area contributed by atoms with Gasteiger partial charge in [-0.05, 0) is 54.6 Å². The van der Waals surface area contributed by atoms with Gasteiger partial charge in [-0.3, -0.25) is 9.59 Å². The van der Waals surface area contributed by atoms with E-state index in [0.29, 0.717) is 27.9 Å². The average molecular weight is 432 g/mol. The molecule has 8 nitrogen and oxygen atoms in total. The van der Waals surface area contributed by atoms with E-state index in [2.05, 4.69) is 15.6 Å². The number of nitrogens with zero attached hydrogens (tertiary/aromatic N) is 2. The monoisotopic (exact) mass is 432 g/mol. The van der Waals surface area contributed by atoms with Crippen LogP contribution >= 0.6 is 11.3 Å². The van der Waals surface area contributed by atoms with Gasteiger partial charge >= 0.3 is 0 Å². The van der Waals surface area contributed by atoms with Crippen LogP contribution in [-0.2, 0) is 11.4 Å². The van der Waals surface area contributed by atoms with Gasteiger partial charge in [0.2, 0.25) is 5.91 Å². The van der Waals surface area contributed by atoms with E-state index in [1.165, 1.54) is 18.3 Å². The first kappa shape index (κ1) is 20.1. The molecule has 9 heteroatoms. The van der Waals surface area contributed by atoms with Crippen LogP contribution in [0.25, 0.3) is 10.2 Å². The number of furan rings is 1. The molecule has 2 N–H and O–H groups in total. The van der Waals surface area contributed by atoms with Crippen LogP contribution in [0.15, 0.2) is 59.0 Å². The molecule has 0 fully saturated rings. The lowest BCUT2D eigenvalue weighted by Gasteiger charge is -2.04.